The average Bonchev–Trinajstić information content (AvgIpc) is 2.20. The molecule has 0 aliphatic rings. The van der Waals surface area contributed by atoms with Crippen LogP contribution in [0.1, 0.15) is 37.5 Å². The lowest BCUT2D eigenvalue weighted by atomic mass is 10.1. The normalized spacial score (nSPS) is 9.79. The number of aryl methyl sites for hydroxylation is 2. The van der Waals surface area contributed by atoms with Gasteiger partial charge in [0.05, 0.1) is 0 Å². The van der Waals surface area contributed by atoms with E-state index >= 15 is 0 Å². The van der Waals surface area contributed by atoms with Gasteiger partial charge in [0.15, 0.2) is 0 Å². The Hall–Kier alpha value is -1.11. The Labute approximate surface area is 87.9 Å². The highest BCUT2D eigenvalue weighted by atomic mass is 14.7. The van der Waals surface area contributed by atoms with Crippen LogP contribution in [0.3, 0.4) is 0 Å². The summed E-state index contributed by atoms with van der Waals surface area (Å²) < 4.78 is 0. The molecule has 0 radical (unpaired) electrons. The second kappa shape index (κ2) is 7.31. The monoisotopic (exact) mass is 191 g/mol. The molecule has 1 aromatic carbocycles. The van der Waals surface area contributed by atoms with Crippen molar-refractivity contribution >= 4 is 6.21 Å². The first-order chi connectivity index (χ1) is 6.74. The predicted octanol–water partition coefficient (Wildman–Crippen LogP) is 3.77. The summed E-state index contributed by atoms with van der Waals surface area (Å²) in [7, 11) is 0. The number of nitrogens with zero attached hydrogens (tertiary/aromatic N) is 1. The first kappa shape index (κ1) is 12.9. The van der Waals surface area contributed by atoms with E-state index in [1.165, 1.54) is 16.7 Å². The van der Waals surface area contributed by atoms with Crippen LogP contribution in [0, 0.1) is 13.8 Å². The Morgan fingerprint density at radius 3 is 2.36 bits per heavy atom. The first-order valence-corrected chi connectivity index (χ1v) is 5.31. The highest BCUT2D eigenvalue weighted by Crippen LogP contribution is 2.07. The molecule has 0 unspecified atom stereocenters. The maximum absolute atomic E-state index is 4.21. The lowest BCUT2D eigenvalue weighted by Crippen LogP contribution is -1.88. The van der Waals surface area contributed by atoms with Crippen LogP contribution in [0.25, 0.3) is 0 Å². The van der Waals surface area contributed by atoms with Gasteiger partial charge >= 0.3 is 0 Å². The molecule has 1 nitrogen and oxygen atoms in total. The van der Waals surface area contributed by atoms with Gasteiger partial charge in [-0.25, -0.2) is 0 Å². The van der Waals surface area contributed by atoms with Crippen molar-refractivity contribution < 1.29 is 0 Å². The molecule has 0 saturated carbocycles. The Morgan fingerprint density at radius 2 is 1.86 bits per heavy atom. The molecular formula is C13H21N. The van der Waals surface area contributed by atoms with E-state index in [1.807, 2.05) is 27.0 Å². The first-order valence-electron chi connectivity index (χ1n) is 5.31. The van der Waals surface area contributed by atoms with Gasteiger partial charge in [-0.05, 0) is 31.9 Å². The maximum atomic E-state index is 4.21. The number of aliphatic imine (C=N–C) groups is 1. The molecule has 1 rings (SSSR count). The van der Waals surface area contributed by atoms with Crippen molar-refractivity contribution in [3.63, 3.8) is 0 Å². The number of hydrogen-bond acceptors (Lipinski definition) is 1. The van der Waals surface area contributed by atoms with E-state index in [1.54, 1.807) is 0 Å². The second-order valence-electron chi connectivity index (χ2n) is 2.99. The van der Waals surface area contributed by atoms with Gasteiger partial charge < -0.3 is 0 Å². The zero-order valence-corrected chi connectivity index (χ0v) is 9.96. The Balaban J connectivity index is 0.000000791. The maximum Gasteiger partial charge on any atom is 0.0361 e. The van der Waals surface area contributed by atoms with Crippen LogP contribution in [0.2, 0.25) is 0 Å². The van der Waals surface area contributed by atoms with Crippen LogP contribution in [0.4, 0.5) is 0 Å². The van der Waals surface area contributed by atoms with Crippen LogP contribution in [0.15, 0.2) is 23.2 Å². The highest BCUT2D eigenvalue weighted by Gasteiger charge is 1.93. The van der Waals surface area contributed by atoms with Crippen molar-refractivity contribution in [1.29, 1.82) is 0 Å². The molecule has 0 N–H and O–H groups in total. The summed E-state index contributed by atoms with van der Waals surface area (Å²) in [5.74, 6) is 0. The third kappa shape index (κ3) is 4.22. The van der Waals surface area contributed by atoms with E-state index in [2.05, 4.69) is 37.0 Å². The van der Waals surface area contributed by atoms with Crippen molar-refractivity contribution in [2.45, 2.75) is 34.6 Å². The lowest BCUT2D eigenvalue weighted by molar-refractivity contribution is 1.14. The molecule has 0 spiro atoms. The fourth-order valence-electron chi connectivity index (χ4n) is 1.16. The van der Waals surface area contributed by atoms with Crippen LogP contribution in [-0.4, -0.2) is 12.8 Å². The van der Waals surface area contributed by atoms with Crippen molar-refractivity contribution in [3.8, 4) is 0 Å². The fraction of sp³-hybridized carbons (Fsp3) is 0.462. The van der Waals surface area contributed by atoms with Gasteiger partial charge in [0, 0.05) is 12.8 Å². The third-order valence-electron chi connectivity index (χ3n) is 1.84. The summed E-state index contributed by atoms with van der Waals surface area (Å²) in [6.45, 7) is 11.1. The predicted molar refractivity (Wildman–Crippen MR) is 65.4 cm³/mol. The molecule has 14 heavy (non-hydrogen) atoms. The quantitative estimate of drug-likeness (QED) is 0.631. The molecule has 1 heteroatoms. The van der Waals surface area contributed by atoms with E-state index in [0.29, 0.717) is 0 Å². The van der Waals surface area contributed by atoms with Crippen LogP contribution in [-0.2, 0) is 0 Å². The number of hydrogen-bond donors (Lipinski definition) is 0. The Bertz CT molecular complexity index is 287. The van der Waals surface area contributed by atoms with E-state index in [9.17, 15) is 0 Å². The van der Waals surface area contributed by atoms with Crippen LogP contribution < -0.4 is 0 Å². The average molecular weight is 191 g/mol. The minimum Gasteiger partial charge on any atom is -0.293 e. The fourth-order valence-corrected chi connectivity index (χ4v) is 1.16. The standard InChI is InChI=1S/C11H15N.C2H6/c1-4-12-8-11-6-5-9(2)7-10(11)3;1-2/h5-8H,4H2,1-3H3;1-2H3. The van der Waals surface area contributed by atoms with Gasteiger partial charge in [-0.3, -0.25) is 4.99 Å². The zero-order chi connectivity index (χ0) is 11.0. The summed E-state index contributed by atoms with van der Waals surface area (Å²) in [6, 6.07) is 6.41. The molecule has 78 valence electrons. The van der Waals surface area contributed by atoms with E-state index in [0.717, 1.165) is 6.54 Å². The van der Waals surface area contributed by atoms with Crippen LogP contribution in [0.5, 0.6) is 0 Å². The topological polar surface area (TPSA) is 12.4 Å². The van der Waals surface area contributed by atoms with Crippen molar-refractivity contribution in [1.82, 2.24) is 0 Å². The van der Waals surface area contributed by atoms with Crippen LogP contribution >= 0.6 is 0 Å². The molecule has 0 bridgehead atoms. The van der Waals surface area contributed by atoms with Gasteiger partial charge in [-0.1, -0.05) is 37.6 Å². The molecule has 0 aliphatic heterocycles. The summed E-state index contributed by atoms with van der Waals surface area (Å²) in [5, 5.41) is 0. The van der Waals surface area contributed by atoms with Gasteiger partial charge in [-0.15, -0.1) is 0 Å². The smallest absolute Gasteiger partial charge is 0.0361 e. The lowest BCUT2D eigenvalue weighted by Gasteiger charge is -2.00. The molecule has 0 saturated heterocycles. The SMILES string of the molecule is CC.CCN=Cc1ccc(C)cc1C. The van der Waals surface area contributed by atoms with Crippen molar-refractivity contribution in [3.05, 3.63) is 34.9 Å². The number of benzene rings is 1. The molecule has 0 heterocycles. The molecule has 1 aromatic rings. The molecule has 0 amide bonds. The summed E-state index contributed by atoms with van der Waals surface area (Å²) in [5.41, 5.74) is 3.83. The van der Waals surface area contributed by atoms with E-state index in [-0.39, 0.29) is 0 Å². The van der Waals surface area contributed by atoms with Crippen molar-refractivity contribution in [2.24, 2.45) is 4.99 Å². The largest absolute Gasteiger partial charge is 0.293 e. The molecule has 0 atom stereocenters. The zero-order valence-electron chi connectivity index (χ0n) is 9.96. The Kier molecular flexibility index (Phi) is 6.73. The molecular weight excluding hydrogens is 170 g/mol. The van der Waals surface area contributed by atoms with Gasteiger partial charge in [0.25, 0.3) is 0 Å². The second-order valence-corrected chi connectivity index (χ2v) is 2.99. The summed E-state index contributed by atoms with van der Waals surface area (Å²) in [4.78, 5) is 4.21. The third-order valence-corrected chi connectivity index (χ3v) is 1.84. The number of rotatable bonds is 2. The highest BCUT2D eigenvalue weighted by molar-refractivity contribution is 5.81. The van der Waals surface area contributed by atoms with E-state index < -0.39 is 0 Å². The molecule has 0 fully saturated rings. The summed E-state index contributed by atoms with van der Waals surface area (Å²) in [6.07, 6.45) is 1.94. The van der Waals surface area contributed by atoms with E-state index in [4.69, 9.17) is 0 Å². The Morgan fingerprint density at radius 1 is 1.21 bits per heavy atom. The van der Waals surface area contributed by atoms with Crippen molar-refractivity contribution in [2.75, 3.05) is 6.54 Å². The van der Waals surface area contributed by atoms with Gasteiger partial charge in [-0.2, -0.15) is 0 Å². The van der Waals surface area contributed by atoms with Gasteiger partial charge in [0.2, 0.25) is 0 Å². The summed E-state index contributed by atoms with van der Waals surface area (Å²) >= 11 is 0. The molecule has 0 aliphatic carbocycles. The molecule has 0 aromatic heterocycles. The minimum atomic E-state index is 0.854. The van der Waals surface area contributed by atoms with Gasteiger partial charge in [0.1, 0.15) is 0 Å². The minimum absolute atomic E-state index is 0.854.